The van der Waals surface area contributed by atoms with Gasteiger partial charge in [0.15, 0.2) is 0 Å². The zero-order valence-corrected chi connectivity index (χ0v) is 12.7. The molecule has 2 atom stereocenters. The number of piperidine rings is 1. The Morgan fingerprint density at radius 1 is 1.42 bits per heavy atom. The molecule has 0 radical (unpaired) electrons. The van der Waals surface area contributed by atoms with Crippen LogP contribution in [-0.4, -0.2) is 49.3 Å². The highest BCUT2D eigenvalue weighted by Gasteiger charge is 2.29. The standard InChI is InChI=1S/C15H29N3O/c1-4-8-17-15(3,12-16)13-18-9-6-7-14(11-18)19-10-5-2/h14,17H,4-11,13H2,1-3H3. The lowest BCUT2D eigenvalue weighted by Gasteiger charge is -2.37. The molecule has 2 unspecified atom stereocenters. The molecule has 1 heterocycles. The quantitative estimate of drug-likeness (QED) is 0.732. The lowest BCUT2D eigenvalue weighted by atomic mass is 10.0. The number of ether oxygens (including phenoxy) is 1. The lowest BCUT2D eigenvalue weighted by molar-refractivity contribution is -0.00408. The number of hydrogen-bond donors (Lipinski definition) is 1. The summed E-state index contributed by atoms with van der Waals surface area (Å²) in [7, 11) is 0. The minimum Gasteiger partial charge on any atom is -0.377 e. The smallest absolute Gasteiger partial charge is 0.116 e. The van der Waals surface area contributed by atoms with Gasteiger partial charge in [0.1, 0.15) is 5.54 Å². The molecule has 110 valence electrons. The van der Waals surface area contributed by atoms with Gasteiger partial charge in [-0.3, -0.25) is 10.2 Å². The van der Waals surface area contributed by atoms with Crippen molar-refractivity contribution in [1.29, 1.82) is 5.26 Å². The Hall–Kier alpha value is -0.630. The first kappa shape index (κ1) is 16.4. The van der Waals surface area contributed by atoms with Crippen LogP contribution in [0, 0.1) is 11.3 Å². The van der Waals surface area contributed by atoms with Crippen LogP contribution in [-0.2, 0) is 4.74 Å². The van der Waals surface area contributed by atoms with Gasteiger partial charge >= 0.3 is 0 Å². The number of nitrogens with one attached hydrogen (secondary N) is 1. The molecule has 0 aromatic rings. The van der Waals surface area contributed by atoms with Gasteiger partial charge in [-0.2, -0.15) is 5.26 Å². The second kappa shape index (κ2) is 8.52. The van der Waals surface area contributed by atoms with Crippen LogP contribution in [0.1, 0.15) is 46.5 Å². The summed E-state index contributed by atoms with van der Waals surface area (Å²) in [6, 6.07) is 2.42. The maximum absolute atomic E-state index is 9.38. The van der Waals surface area contributed by atoms with Gasteiger partial charge in [0.25, 0.3) is 0 Å². The van der Waals surface area contributed by atoms with Crippen molar-refractivity contribution in [2.75, 3.05) is 32.8 Å². The maximum Gasteiger partial charge on any atom is 0.116 e. The van der Waals surface area contributed by atoms with Crippen LogP contribution in [0.3, 0.4) is 0 Å². The summed E-state index contributed by atoms with van der Waals surface area (Å²) in [5.41, 5.74) is -0.442. The average molecular weight is 267 g/mol. The Balaban J connectivity index is 2.43. The fourth-order valence-corrected chi connectivity index (χ4v) is 2.56. The Morgan fingerprint density at radius 2 is 2.21 bits per heavy atom. The molecule has 0 aromatic heterocycles. The lowest BCUT2D eigenvalue weighted by Crippen LogP contribution is -2.53. The van der Waals surface area contributed by atoms with Gasteiger partial charge in [0.05, 0.1) is 12.2 Å². The zero-order chi connectivity index (χ0) is 14.1. The predicted molar refractivity (Wildman–Crippen MR) is 78.0 cm³/mol. The van der Waals surface area contributed by atoms with E-state index < -0.39 is 5.54 Å². The van der Waals surface area contributed by atoms with Crippen molar-refractivity contribution in [2.45, 2.75) is 58.1 Å². The summed E-state index contributed by atoms with van der Waals surface area (Å²) >= 11 is 0. The maximum atomic E-state index is 9.38. The van der Waals surface area contributed by atoms with E-state index in [-0.39, 0.29) is 0 Å². The minimum absolute atomic E-state index is 0.350. The number of likely N-dealkylation sites (tertiary alicyclic amines) is 1. The van der Waals surface area contributed by atoms with E-state index in [0.29, 0.717) is 6.10 Å². The number of hydrogen-bond acceptors (Lipinski definition) is 4. The molecule has 4 nitrogen and oxygen atoms in total. The van der Waals surface area contributed by atoms with Gasteiger partial charge in [-0.25, -0.2) is 0 Å². The molecule has 0 spiro atoms. The van der Waals surface area contributed by atoms with E-state index in [1.165, 1.54) is 6.42 Å². The molecule has 0 saturated carbocycles. The topological polar surface area (TPSA) is 48.3 Å². The van der Waals surface area contributed by atoms with Crippen molar-refractivity contribution in [1.82, 2.24) is 10.2 Å². The van der Waals surface area contributed by atoms with E-state index in [9.17, 15) is 5.26 Å². The fourth-order valence-electron chi connectivity index (χ4n) is 2.56. The highest BCUT2D eigenvalue weighted by molar-refractivity contribution is 5.06. The largest absolute Gasteiger partial charge is 0.377 e. The predicted octanol–water partition coefficient (Wildman–Crippen LogP) is 2.16. The molecule has 0 amide bonds. The third kappa shape index (κ3) is 5.90. The van der Waals surface area contributed by atoms with E-state index in [4.69, 9.17) is 4.74 Å². The van der Waals surface area contributed by atoms with Crippen LogP contribution in [0.2, 0.25) is 0 Å². The Labute approximate surface area is 118 Å². The van der Waals surface area contributed by atoms with E-state index in [1.807, 2.05) is 6.92 Å². The van der Waals surface area contributed by atoms with E-state index in [0.717, 1.165) is 52.0 Å². The van der Waals surface area contributed by atoms with Crippen molar-refractivity contribution in [3.05, 3.63) is 0 Å². The molecule has 1 N–H and O–H groups in total. The average Bonchev–Trinajstić information content (AvgIpc) is 2.43. The first-order valence-electron chi connectivity index (χ1n) is 7.63. The zero-order valence-electron chi connectivity index (χ0n) is 12.7. The molecular formula is C15H29N3O. The van der Waals surface area contributed by atoms with Crippen LogP contribution in [0.4, 0.5) is 0 Å². The summed E-state index contributed by atoms with van der Waals surface area (Å²) in [6.45, 7) is 10.8. The van der Waals surface area contributed by atoms with Crippen molar-refractivity contribution >= 4 is 0 Å². The molecule has 0 bridgehead atoms. The summed E-state index contributed by atoms with van der Waals surface area (Å²) in [5.74, 6) is 0. The molecule has 19 heavy (non-hydrogen) atoms. The van der Waals surface area contributed by atoms with Crippen molar-refractivity contribution in [2.24, 2.45) is 0 Å². The van der Waals surface area contributed by atoms with Gasteiger partial charge in [-0.05, 0) is 45.7 Å². The van der Waals surface area contributed by atoms with Gasteiger partial charge < -0.3 is 4.74 Å². The molecule has 1 fully saturated rings. The molecule has 1 saturated heterocycles. The van der Waals surface area contributed by atoms with Crippen LogP contribution in [0.15, 0.2) is 0 Å². The Morgan fingerprint density at radius 3 is 2.84 bits per heavy atom. The van der Waals surface area contributed by atoms with Crippen LogP contribution in [0.5, 0.6) is 0 Å². The van der Waals surface area contributed by atoms with Crippen molar-refractivity contribution in [3.63, 3.8) is 0 Å². The Kier molecular flexibility index (Phi) is 7.37. The first-order chi connectivity index (χ1) is 9.13. The molecular weight excluding hydrogens is 238 g/mol. The normalized spacial score (nSPS) is 23.8. The molecule has 0 aliphatic carbocycles. The second-order valence-electron chi connectivity index (χ2n) is 5.74. The molecule has 1 rings (SSSR count). The van der Waals surface area contributed by atoms with Crippen molar-refractivity contribution in [3.8, 4) is 6.07 Å². The van der Waals surface area contributed by atoms with Gasteiger partial charge in [-0.1, -0.05) is 13.8 Å². The fraction of sp³-hybridized carbons (Fsp3) is 0.933. The molecule has 4 heteroatoms. The Bertz CT molecular complexity index is 290. The number of nitriles is 1. The van der Waals surface area contributed by atoms with Crippen LogP contribution < -0.4 is 5.32 Å². The van der Waals surface area contributed by atoms with E-state index in [2.05, 4.69) is 30.1 Å². The second-order valence-corrected chi connectivity index (χ2v) is 5.74. The summed E-state index contributed by atoms with van der Waals surface area (Å²) < 4.78 is 5.85. The summed E-state index contributed by atoms with van der Waals surface area (Å²) in [5, 5.41) is 12.7. The highest BCUT2D eigenvalue weighted by Crippen LogP contribution is 2.16. The van der Waals surface area contributed by atoms with Crippen molar-refractivity contribution < 1.29 is 4.74 Å². The third-order valence-electron chi connectivity index (χ3n) is 3.57. The van der Waals surface area contributed by atoms with Crippen LogP contribution in [0.25, 0.3) is 0 Å². The molecule has 1 aliphatic heterocycles. The molecule has 0 aromatic carbocycles. The third-order valence-corrected chi connectivity index (χ3v) is 3.57. The first-order valence-corrected chi connectivity index (χ1v) is 7.63. The van der Waals surface area contributed by atoms with Gasteiger partial charge in [-0.15, -0.1) is 0 Å². The summed E-state index contributed by atoms with van der Waals surface area (Å²) in [6.07, 6.45) is 4.80. The monoisotopic (exact) mass is 267 g/mol. The highest BCUT2D eigenvalue weighted by atomic mass is 16.5. The number of nitrogens with zero attached hydrogens (tertiary/aromatic N) is 2. The van der Waals surface area contributed by atoms with E-state index in [1.54, 1.807) is 0 Å². The number of rotatable bonds is 8. The summed E-state index contributed by atoms with van der Waals surface area (Å²) in [4.78, 5) is 2.37. The molecule has 1 aliphatic rings. The van der Waals surface area contributed by atoms with Gasteiger partial charge in [0, 0.05) is 19.7 Å². The van der Waals surface area contributed by atoms with Gasteiger partial charge in [0.2, 0.25) is 0 Å². The van der Waals surface area contributed by atoms with E-state index >= 15 is 0 Å². The minimum atomic E-state index is -0.442. The SMILES string of the molecule is CCCNC(C)(C#N)CN1CCCC(OCCC)C1. The van der Waals surface area contributed by atoms with Crippen LogP contribution >= 0.6 is 0 Å².